The Bertz CT molecular complexity index is 384. The summed E-state index contributed by atoms with van der Waals surface area (Å²) in [4.78, 5) is 15.4. The number of likely N-dealkylation sites (N-methyl/N-ethyl adjacent to an activating group) is 1. The Morgan fingerprint density at radius 3 is 2.33 bits per heavy atom. The molecule has 3 nitrogen and oxygen atoms in total. The van der Waals surface area contributed by atoms with Gasteiger partial charge in [-0.3, -0.25) is 9.69 Å². The average Bonchev–Trinajstić information content (AvgIpc) is 2.90. The SMILES string of the molecule is CCN1CCCC1CNC(=O)C12CC3CC(CC(C3)C1)C2. The van der Waals surface area contributed by atoms with Crippen molar-refractivity contribution in [1.29, 1.82) is 0 Å². The monoisotopic (exact) mass is 290 g/mol. The lowest BCUT2D eigenvalue weighted by Crippen LogP contribution is -2.54. The molecule has 4 aliphatic carbocycles. The summed E-state index contributed by atoms with van der Waals surface area (Å²) in [6.45, 7) is 5.46. The first-order valence-electron chi connectivity index (χ1n) is 9.21. The van der Waals surface area contributed by atoms with Crippen LogP contribution in [0.1, 0.15) is 58.3 Å². The molecule has 4 bridgehead atoms. The topological polar surface area (TPSA) is 32.3 Å². The molecule has 1 atom stereocenters. The Labute approximate surface area is 128 Å². The normalized spacial score (nSPS) is 45.2. The highest BCUT2D eigenvalue weighted by Gasteiger charge is 2.54. The van der Waals surface area contributed by atoms with Crippen LogP contribution in [-0.4, -0.2) is 36.5 Å². The van der Waals surface area contributed by atoms with Gasteiger partial charge in [0.05, 0.1) is 0 Å². The van der Waals surface area contributed by atoms with E-state index in [2.05, 4.69) is 17.1 Å². The van der Waals surface area contributed by atoms with E-state index < -0.39 is 0 Å². The van der Waals surface area contributed by atoms with E-state index in [1.54, 1.807) is 0 Å². The summed E-state index contributed by atoms with van der Waals surface area (Å²) >= 11 is 0. The third-order valence-corrected chi connectivity index (χ3v) is 6.92. The quantitative estimate of drug-likeness (QED) is 0.863. The van der Waals surface area contributed by atoms with Crippen molar-refractivity contribution >= 4 is 5.91 Å². The average molecular weight is 290 g/mol. The number of rotatable bonds is 4. The van der Waals surface area contributed by atoms with Crippen molar-refractivity contribution in [2.75, 3.05) is 19.6 Å². The maximum atomic E-state index is 12.9. The molecule has 0 aromatic carbocycles. The summed E-state index contributed by atoms with van der Waals surface area (Å²) in [6.07, 6.45) is 10.4. The number of hydrogen-bond acceptors (Lipinski definition) is 2. The van der Waals surface area contributed by atoms with Crippen molar-refractivity contribution in [2.45, 2.75) is 64.3 Å². The first-order chi connectivity index (χ1) is 10.2. The molecule has 1 unspecified atom stereocenters. The second kappa shape index (κ2) is 5.26. The van der Waals surface area contributed by atoms with Gasteiger partial charge in [0.1, 0.15) is 0 Å². The molecule has 4 saturated carbocycles. The van der Waals surface area contributed by atoms with E-state index >= 15 is 0 Å². The van der Waals surface area contributed by atoms with Gasteiger partial charge in [-0.15, -0.1) is 0 Å². The maximum absolute atomic E-state index is 12.9. The predicted octanol–water partition coefficient (Wildman–Crippen LogP) is 2.80. The molecule has 0 aromatic rings. The molecule has 3 heteroatoms. The molecule has 0 radical (unpaired) electrons. The van der Waals surface area contributed by atoms with Gasteiger partial charge in [0.2, 0.25) is 5.91 Å². The van der Waals surface area contributed by atoms with Crippen LogP contribution >= 0.6 is 0 Å². The highest BCUT2D eigenvalue weighted by Crippen LogP contribution is 2.60. The Morgan fingerprint density at radius 2 is 1.76 bits per heavy atom. The lowest BCUT2D eigenvalue weighted by atomic mass is 9.49. The van der Waals surface area contributed by atoms with Gasteiger partial charge in [-0.25, -0.2) is 0 Å². The van der Waals surface area contributed by atoms with E-state index in [1.165, 1.54) is 57.9 Å². The molecule has 0 aromatic heterocycles. The molecular weight excluding hydrogens is 260 g/mol. The minimum absolute atomic E-state index is 0.0321. The molecule has 0 spiro atoms. The summed E-state index contributed by atoms with van der Waals surface area (Å²) in [6, 6.07) is 0.591. The molecule has 1 aliphatic heterocycles. The van der Waals surface area contributed by atoms with Crippen molar-refractivity contribution in [3.63, 3.8) is 0 Å². The van der Waals surface area contributed by atoms with Gasteiger partial charge in [-0.1, -0.05) is 6.92 Å². The highest BCUT2D eigenvalue weighted by atomic mass is 16.2. The summed E-state index contributed by atoms with van der Waals surface area (Å²) in [7, 11) is 0. The Hall–Kier alpha value is -0.570. The predicted molar refractivity (Wildman–Crippen MR) is 83.9 cm³/mol. The minimum atomic E-state index is 0.0321. The van der Waals surface area contributed by atoms with Crippen LogP contribution in [0.25, 0.3) is 0 Å². The summed E-state index contributed by atoms with van der Waals surface area (Å²) < 4.78 is 0. The lowest BCUT2D eigenvalue weighted by Gasteiger charge is -2.55. The van der Waals surface area contributed by atoms with E-state index in [-0.39, 0.29) is 5.41 Å². The molecule has 1 saturated heterocycles. The first kappa shape index (κ1) is 14.0. The summed E-state index contributed by atoms with van der Waals surface area (Å²) in [5, 5.41) is 3.37. The molecule has 118 valence electrons. The smallest absolute Gasteiger partial charge is 0.226 e. The van der Waals surface area contributed by atoms with Crippen molar-refractivity contribution in [2.24, 2.45) is 23.2 Å². The fourth-order valence-electron chi connectivity index (χ4n) is 6.33. The highest BCUT2D eigenvalue weighted by molar-refractivity contribution is 5.83. The van der Waals surface area contributed by atoms with E-state index in [1.807, 2.05) is 0 Å². The van der Waals surface area contributed by atoms with Crippen molar-refractivity contribution in [3.8, 4) is 0 Å². The third kappa shape index (κ3) is 2.42. The van der Waals surface area contributed by atoms with Gasteiger partial charge in [0.15, 0.2) is 0 Å². The van der Waals surface area contributed by atoms with Crippen LogP contribution in [0, 0.1) is 23.2 Å². The number of nitrogens with zero attached hydrogens (tertiary/aromatic N) is 1. The maximum Gasteiger partial charge on any atom is 0.226 e. The lowest BCUT2D eigenvalue weighted by molar-refractivity contribution is -0.146. The summed E-state index contributed by atoms with van der Waals surface area (Å²) in [5.74, 6) is 2.99. The molecule has 21 heavy (non-hydrogen) atoms. The van der Waals surface area contributed by atoms with Crippen molar-refractivity contribution in [3.05, 3.63) is 0 Å². The van der Waals surface area contributed by atoms with Crippen LogP contribution in [0.15, 0.2) is 0 Å². The second-order valence-electron chi connectivity index (χ2n) is 8.33. The standard InChI is InChI=1S/C18H30N2O/c1-2-20-5-3-4-16(20)12-19-17(21)18-9-13-6-14(10-18)8-15(7-13)11-18/h13-16H,2-12H2,1H3,(H,19,21). The number of nitrogens with one attached hydrogen (secondary N) is 1. The van der Waals surface area contributed by atoms with Crippen LogP contribution in [0.2, 0.25) is 0 Å². The van der Waals surface area contributed by atoms with Gasteiger partial charge in [-0.05, 0) is 82.2 Å². The second-order valence-corrected chi connectivity index (χ2v) is 8.33. The van der Waals surface area contributed by atoms with Crippen LogP contribution in [-0.2, 0) is 4.79 Å². The molecule has 1 heterocycles. The largest absolute Gasteiger partial charge is 0.354 e. The van der Waals surface area contributed by atoms with Crippen molar-refractivity contribution in [1.82, 2.24) is 10.2 Å². The van der Waals surface area contributed by atoms with E-state index in [0.29, 0.717) is 11.9 Å². The van der Waals surface area contributed by atoms with E-state index in [9.17, 15) is 4.79 Å². The minimum Gasteiger partial charge on any atom is -0.354 e. The van der Waals surface area contributed by atoms with Crippen LogP contribution < -0.4 is 5.32 Å². The van der Waals surface area contributed by atoms with E-state index in [4.69, 9.17) is 0 Å². The number of hydrogen-bond donors (Lipinski definition) is 1. The first-order valence-corrected chi connectivity index (χ1v) is 9.21. The van der Waals surface area contributed by atoms with Crippen LogP contribution in [0.3, 0.4) is 0 Å². The Kier molecular flexibility index (Phi) is 3.52. The molecule has 5 aliphatic rings. The molecular formula is C18H30N2O. The Balaban J connectivity index is 1.39. The van der Waals surface area contributed by atoms with E-state index in [0.717, 1.165) is 30.8 Å². The van der Waals surface area contributed by atoms with Crippen molar-refractivity contribution < 1.29 is 4.79 Å². The van der Waals surface area contributed by atoms with Gasteiger partial charge in [0.25, 0.3) is 0 Å². The van der Waals surface area contributed by atoms with Gasteiger partial charge in [-0.2, -0.15) is 0 Å². The van der Waals surface area contributed by atoms with Gasteiger partial charge >= 0.3 is 0 Å². The van der Waals surface area contributed by atoms with Gasteiger partial charge < -0.3 is 5.32 Å². The van der Waals surface area contributed by atoms with Crippen LogP contribution in [0.5, 0.6) is 0 Å². The molecule has 1 amide bonds. The fraction of sp³-hybridized carbons (Fsp3) is 0.944. The zero-order valence-corrected chi connectivity index (χ0v) is 13.4. The zero-order valence-electron chi connectivity index (χ0n) is 13.4. The fourth-order valence-corrected chi connectivity index (χ4v) is 6.33. The molecule has 1 N–H and O–H groups in total. The van der Waals surface area contributed by atoms with Gasteiger partial charge in [0, 0.05) is 18.0 Å². The Morgan fingerprint density at radius 1 is 1.14 bits per heavy atom. The third-order valence-electron chi connectivity index (χ3n) is 6.92. The molecule has 5 fully saturated rings. The molecule has 5 rings (SSSR count). The van der Waals surface area contributed by atoms with Crippen LogP contribution in [0.4, 0.5) is 0 Å². The number of amides is 1. The number of carbonyl (C=O) groups is 1. The number of likely N-dealkylation sites (tertiary alicyclic amines) is 1. The number of carbonyl (C=O) groups excluding carboxylic acids is 1. The summed E-state index contributed by atoms with van der Waals surface area (Å²) in [5.41, 5.74) is 0.0321. The zero-order chi connectivity index (χ0) is 14.4.